The molecule has 0 bridgehead atoms. The van der Waals surface area contributed by atoms with Gasteiger partial charge in [0.2, 0.25) is 0 Å². The normalized spacial score (nSPS) is 12.2. The van der Waals surface area contributed by atoms with Crippen LogP contribution in [0.1, 0.15) is 17.2 Å². The summed E-state index contributed by atoms with van der Waals surface area (Å²) in [5, 5.41) is 3.37. The molecule has 106 valence electrons. The Bertz CT molecular complexity index is 586. The molecular weight excluding hydrogens is 382 g/mol. The highest BCUT2D eigenvalue weighted by Crippen LogP contribution is 2.31. The third-order valence-electron chi connectivity index (χ3n) is 3.30. The molecule has 1 unspecified atom stereocenters. The maximum absolute atomic E-state index is 5.50. The molecule has 2 nitrogen and oxygen atoms in total. The lowest BCUT2D eigenvalue weighted by Crippen LogP contribution is -2.19. The number of hydrogen-bond acceptors (Lipinski definition) is 2. The minimum atomic E-state index is 0.205. The van der Waals surface area contributed by atoms with Crippen LogP contribution in [0.4, 0.5) is 0 Å². The number of ether oxygens (including phenoxy) is 1. The first kappa shape index (κ1) is 15.5. The molecule has 0 heterocycles. The van der Waals surface area contributed by atoms with Crippen molar-refractivity contribution in [2.45, 2.75) is 12.5 Å². The van der Waals surface area contributed by atoms with Crippen LogP contribution in [0.25, 0.3) is 0 Å². The van der Waals surface area contributed by atoms with Gasteiger partial charge in [0.15, 0.2) is 0 Å². The molecule has 0 radical (unpaired) electrons. The van der Waals surface area contributed by atoms with Crippen molar-refractivity contribution in [3.8, 4) is 5.75 Å². The summed E-state index contributed by atoms with van der Waals surface area (Å²) < 4.78 is 7.65. The lowest BCUT2D eigenvalue weighted by molar-refractivity contribution is 0.401. The number of likely N-dealkylation sites (N-methyl/N-ethyl adjacent to an activating group) is 1. The first-order valence-electron chi connectivity index (χ1n) is 6.39. The molecular formula is C16H17Br2NO. The first-order valence-corrected chi connectivity index (χ1v) is 7.98. The lowest BCUT2D eigenvalue weighted by atomic mass is 9.98. The Balaban J connectivity index is 2.31. The first-order chi connectivity index (χ1) is 9.65. The van der Waals surface area contributed by atoms with E-state index in [1.54, 1.807) is 7.11 Å². The van der Waals surface area contributed by atoms with Gasteiger partial charge in [-0.3, -0.25) is 0 Å². The third kappa shape index (κ3) is 3.62. The predicted octanol–water partition coefficient (Wildman–Crippen LogP) is 4.72. The molecule has 0 spiro atoms. The average Bonchev–Trinajstić information content (AvgIpc) is 2.46. The van der Waals surface area contributed by atoms with Gasteiger partial charge in [-0.15, -0.1) is 0 Å². The van der Waals surface area contributed by atoms with Gasteiger partial charge in [-0.1, -0.05) is 56.1 Å². The molecule has 0 fully saturated rings. The van der Waals surface area contributed by atoms with Gasteiger partial charge in [-0.2, -0.15) is 0 Å². The maximum atomic E-state index is 5.50. The molecule has 2 aromatic rings. The standard InChI is InChI=1S/C16H17Br2NO/c1-19-15(9-11-5-3-4-6-14(11)18)13-8-7-12(17)10-16(13)20-2/h3-8,10,15,19H,9H2,1-2H3. The van der Waals surface area contributed by atoms with Crippen LogP contribution in [0.5, 0.6) is 5.75 Å². The maximum Gasteiger partial charge on any atom is 0.124 e. The highest BCUT2D eigenvalue weighted by molar-refractivity contribution is 9.10. The quantitative estimate of drug-likeness (QED) is 0.786. The van der Waals surface area contributed by atoms with Gasteiger partial charge in [-0.05, 0) is 37.2 Å². The van der Waals surface area contributed by atoms with Crippen LogP contribution >= 0.6 is 31.9 Å². The van der Waals surface area contributed by atoms with E-state index in [0.717, 1.165) is 26.7 Å². The number of nitrogens with one attached hydrogen (secondary N) is 1. The molecule has 0 aliphatic rings. The second-order valence-electron chi connectivity index (χ2n) is 4.52. The van der Waals surface area contributed by atoms with Crippen LogP contribution in [0.15, 0.2) is 51.4 Å². The zero-order valence-electron chi connectivity index (χ0n) is 11.5. The molecule has 2 aromatic carbocycles. The van der Waals surface area contributed by atoms with Gasteiger partial charge in [0.1, 0.15) is 5.75 Å². The third-order valence-corrected chi connectivity index (χ3v) is 4.57. The highest BCUT2D eigenvalue weighted by atomic mass is 79.9. The number of rotatable bonds is 5. The van der Waals surface area contributed by atoms with Crippen molar-refractivity contribution in [2.75, 3.05) is 14.2 Å². The molecule has 0 amide bonds. The van der Waals surface area contributed by atoms with E-state index in [9.17, 15) is 0 Å². The largest absolute Gasteiger partial charge is 0.496 e. The van der Waals surface area contributed by atoms with Crippen LogP contribution in [0, 0.1) is 0 Å². The van der Waals surface area contributed by atoms with E-state index in [4.69, 9.17) is 4.74 Å². The van der Waals surface area contributed by atoms with E-state index in [-0.39, 0.29) is 6.04 Å². The average molecular weight is 399 g/mol. The van der Waals surface area contributed by atoms with Gasteiger partial charge in [0.05, 0.1) is 7.11 Å². The van der Waals surface area contributed by atoms with Crippen LogP contribution in [-0.2, 0) is 6.42 Å². The van der Waals surface area contributed by atoms with E-state index in [0.29, 0.717) is 0 Å². The van der Waals surface area contributed by atoms with Crippen molar-refractivity contribution in [3.63, 3.8) is 0 Å². The van der Waals surface area contributed by atoms with Crippen molar-refractivity contribution in [3.05, 3.63) is 62.5 Å². The fourth-order valence-electron chi connectivity index (χ4n) is 2.22. The molecule has 4 heteroatoms. The van der Waals surface area contributed by atoms with Gasteiger partial charge >= 0.3 is 0 Å². The van der Waals surface area contributed by atoms with E-state index >= 15 is 0 Å². The number of benzene rings is 2. The van der Waals surface area contributed by atoms with Gasteiger partial charge < -0.3 is 10.1 Å². The van der Waals surface area contributed by atoms with Crippen molar-refractivity contribution in [1.29, 1.82) is 0 Å². The molecule has 20 heavy (non-hydrogen) atoms. The van der Waals surface area contributed by atoms with Crippen LogP contribution in [0.3, 0.4) is 0 Å². The fourth-order valence-corrected chi connectivity index (χ4v) is 3.01. The van der Waals surface area contributed by atoms with Crippen LogP contribution in [-0.4, -0.2) is 14.2 Å². The zero-order chi connectivity index (χ0) is 14.5. The van der Waals surface area contributed by atoms with Crippen molar-refractivity contribution in [2.24, 2.45) is 0 Å². The summed E-state index contributed by atoms with van der Waals surface area (Å²) in [7, 11) is 3.68. The Kier molecular flexibility index (Phi) is 5.64. The van der Waals surface area contributed by atoms with Crippen LogP contribution in [0.2, 0.25) is 0 Å². The fraction of sp³-hybridized carbons (Fsp3) is 0.250. The predicted molar refractivity (Wildman–Crippen MR) is 90.3 cm³/mol. The molecule has 1 atom stereocenters. The minimum absolute atomic E-state index is 0.205. The highest BCUT2D eigenvalue weighted by Gasteiger charge is 2.16. The molecule has 0 aromatic heterocycles. The van der Waals surface area contributed by atoms with E-state index in [1.165, 1.54) is 5.56 Å². The SMILES string of the molecule is CNC(Cc1ccccc1Br)c1ccc(Br)cc1OC. The van der Waals surface area contributed by atoms with Crippen molar-refractivity contribution >= 4 is 31.9 Å². The topological polar surface area (TPSA) is 21.3 Å². The lowest BCUT2D eigenvalue weighted by Gasteiger charge is -2.20. The zero-order valence-corrected chi connectivity index (χ0v) is 14.7. The van der Waals surface area contributed by atoms with Crippen LogP contribution < -0.4 is 10.1 Å². The van der Waals surface area contributed by atoms with Crippen molar-refractivity contribution < 1.29 is 4.74 Å². The summed E-state index contributed by atoms with van der Waals surface area (Å²) in [6.07, 6.45) is 0.899. The van der Waals surface area contributed by atoms with E-state index in [2.05, 4.69) is 61.4 Å². The summed E-state index contributed by atoms with van der Waals surface area (Å²) in [5.74, 6) is 0.894. The second-order valence-corrected chi connectivity index (χ2v) is 6.29. The monoisotopic (exact) mass is 397 g/mol. The number of halogens is 2. The molecule has 1 N–H and O–H groups in total. The molecule has 0 aliphatic heterocycles. The molecule has 2 rings (SSSR count). The Morgan fingerprint density at radius 2 is 1.90 bits per heavy atom. The smallest absolute Gasteiger partial charge is 0.124 e. The summed E-state index contributed by atoms with van der Waals surface area (Å²) in [5.41, 5.74) is 2.44. The Morgan fingerprint density at radius 3 is 2.55 bits per heavy atom. The Labute approximate surface area is 136 Å². The van der Waals surface area contributed by atoms with Gasteiger partial charge in [-0.25, -0.2) is 0 Å². The summed E-state index contributed by atoms with van der Waals surface area (Å²) in [6.45, 7) is 0. The van der Waals surface area contributed by atoms with Gasteiger partial charge in [0.25, 0.3) is 0 Å². The molecule has 0 aliphatic carbocycles. The van der Waals surface area contributed by atoms with Crippen molar-refractivity contribution in [1.82, 2.24) is 5.32 Å². The van der Waals surface area contributed by atoms with Gasteiger partial charge in [0, 0.05) is 20.6 Å². The Morgan fingerprint density at radius 1 is 1.15 bits per heavy atom. The summed E-state index contributed by atoms with van der Waals surface area (Å²) in [6, 6.07) is 14.6. The second kappa shape index (κ2) is 7.25. The molecule has 0 saturated heterocycles. The van der Waals surface area contributed by atoms with E-state index < -0.39 is 0 Å². The molecule has 0 saturated carbocycles. The minimum Gasteiger partial charge on any atom is -0.496 e. The summed E-state index contributed by atoms with van der Waals surface area (Å²) >= 11 is 7.09. The number of methoxy groups -OCH3 is 1. The Hall–Kier alpha value is -0.840. The number of hydrogen-bond donors (Lipinski definition) is 1. The summed E-state index contributed by atoms with van der Waals surface area (Å²) in [4.78, 5) is 0. The van der Waals surface area contributed by atoms with E-state index in [1.807, 2.05) is 25.2 Å².